The van der Waals surface area contributed by atoms with Gasteiger partial charge in [0.2, 0.25) is 0 Å². The maximum absolute atomic E-state index is 9.47. The van der Waals surface area contributed by atoms with E-state index in [1.54, 1.807) is 6.07 Å². The molecule has 0 radical (unpaired) electrons. The molecule has 1 aliphatic carbocycles. The maximum atomic E-state index is 9.47. The molecule has 0 bridgehead atoms. The molecule has 0 fully saturated rings. The predicted octanol–water partition coefficient (Wildman–Crippen LogP) is 2.71. The Morgan fingerprint density at radius 2 is 2.39 bits per heavy atom. The van der Waals surface area contributed by atoms with Gasteiger partial charge in [0.1, 0.15) is 5.75 Å². The zero-order valence-electron chi connectivity index (χ0n) is 10.4. The summed E-state index contributed by atoms with van der Waals surface area (Å²) in [6.45, 7) is 2.96. The van der Waals surface area contributed by atoms with Gasteiger partial charge in [-0.15, -0.1) is 0 Å². The molecule has 18 heavy (non-hydrogen) atoms. The van der Waals surface area contributed by atoms with Gasteiger partial charge >= 0.3 is 0 Å². The van der Waals surface area contributed by atoms with Gasteiger partial charge in [0.05, 0.1) is 17.9 Å². The summed E-state index contributed by atoms with van der Waals surface area (Å²) in [7, 11) is 0. The lowest BCUT2D eigenvalue weighted by atomic mass is 10.1. The van der Waals surface area contributed by atoms with E-state index >= 15 is 0 Å². The van der Waals surface area contributed by atoms with Crippen LogP contribution in [0, 0.1) is 0 Å². The zero-order chi connectivity index (χ0) is 12.5. The highest BCUT2D eigenvalue weighted by atomic mass is 16.3. The van der Waals surface area contributed by atoms with Crippen LogP contribution in [0.15, 0.2) is 30.6 Å². The van der Waals surface area contributed by atoms with Gasteiger partial charge < -0.3 is 10.4 Å². The van der Waals surface area contributed by atoms with Crippen LogP contribution in [0.2, 0.25) is 0 Å². The third-order valence-corrected chi connectivity index (χ3v) is 3.50. The molecular formula is C14H17N3O. The maximum Gasteiger partial charge on any atom is 0.115 e. The number of benzene rings is 1. The molecule has 4 heteroatoms. The lowest BCUT2D eigenvalue weighted by Gasteiger charge is -2.13. The molecule has 1 aliphatic rings. The number of aryl methyl sites for hydroxylation is 2. The fourth-order valence-electron chi connectivity index (χ4n) is 2.57. The number of hydrogen-bond donors (Lipinski definition) is 2. The van der Waals surface area contributed by atoms with E-state index in [0.717, 1.165) is 25.1 Å². The molecule has 0 saturated carbocycles. The first-order valence-electron chi connectivity index (χ1n) is 6.37. The first kappa shape index (κ1) is 11.1. The Balaban J connectivity index is 1.80. The Morgan fingerprint density at radius 3 is 3.17 bits per heavy atom. The van der Waals surface area contributed by atoms with Crippen molar-refractivity contribution in [3.8, 4) is 5.75 Å². The highest BCUT2D eigenvalue weighted by Crippen LogP contribution is 2.35. The van der Waals surface area contributed by atoms with Crippen molar-refractivity contribution in [3.63, 3.8) is 0 Å². The molecule has 0 saturated heterocycles. The quantitative estimate of drug-likeness (QED) is 0.871. The van der Waals surface area contributed by atoms with Crippen LogP contribution in [-0.2, 0) is 13.0 Å². The minimum absolute atomic E-state index is 0.329. The Bertz CT molecular complexity index is 562. The molecule has 94 valence electrons. The SMILES string of the molecule is CCn1cc(NC2CCc3cc(O)ccc32)cn1. The summed E-state index contributed by atoms with van der Waals surface area (Å²) < 4.78 is 1.91. The highest BCUT2D eigenvalue weighted by Gasteiger charge is 2.22. The Labute approximate surface area is 106 Å². The minimum Gasteiger partial charge on any atom is -0.508 e. The average Bonchev–Trinajstić information content (AvgIpc) is 2.97. The van der Waals surface area contributed by atoms with E-state index in [-0.39, 0.29) is 0 Å². The van der Waals surface area contributed by atoms with E-state index in [0.29, 0.717) is 11.8 Å². The summed E-state index contributed by atoms with van der Waals surface area (Å²) in [5, 5.41) is 17.2. The van der Waals surface area contributed by atoms with Crippen LogP contribution in [0.1, 0.15) is 30.5 Å². The number of aromatic nitrogens is 2. The normalized spacial score (nSPS) is 17.7. The van der Waals surface area contributed by atoms with Crippen molar-refractivity contribution in [1.82, 2.24) is 9.78 Å². The average molecular weight is 243 g/mol. The molecule has 4 nitrogen and oxygen atoms in total. The van der Waals surface area contributed by atoms with E-state index in [2.05, 4.69) is 17.3 Å². The molecule has 2 N–H and O–H groups in total. The van der Waals surface area contributed by atoms with Crippen LogP contribution in [-0.4, -0.2) is 14.9 Å². The van der Waals surface area contributed by atoms with E-state index in [1.165, 1.54) is 11.1 Å². The fourth-order valence-corrected chi connectivity index (χ4v) is 2.57. The smallest absolute Gasteiger partial charge is 0.115 e. The number of hydrogen-bond acceptors (Lipinski definition) is 3. The molecule has 0 amide bonds. The largest absolute Gasteiger partial charge is 0.508 e. The summed E-state index contributed by atoms with van der Waals surface area (Å²) in [5.41, 5.74) is 3.59. The molecule has 1 unspecified atom stereocenters. The van der Waals surface area contributed by atoms with Crippen molar-refractivity contribution in [2.75, 3.05) is 5.32 Å². The Kier molecular flexibility index (Phi) is 2.70. The van der Waals surface area contributed by atoms with Gasteiger partial charge in [0.25, 0.3) is 0 Å². The zero-order valence-corrected chi connectivity index (χ0v) is 10.4. The summed E-state index contributed by atoms with van der Waals surface area (Å²) >= 11 is 0. The van der Waals surface area contributed by atoms with Gasteiger partial charge in [-0.3, -0.25) is 4.68 Å². The first-order valence-corrected chi connectivity index (χ1v) is 6.37. The summed E-state index contributed by atoms with van der Waals surface area (Å²) in [6, 6.07) is 5.97. The molecule has 0 aliphatic heterocycles. The third-order valence-electron chi connectivity index (χ3n) is 3.50. The van der Waals surface area contributed by atoms with E-state index in [1.807, 2.05) is 29.2 Å². The van der Waals surface area contributed by atoms with Gasteiger partial charge in [-0.2, -0.15) is 5.10 Å². The number of rotatable bonds is 3. The number of nitrogens with one attached hydrogen (secondary N) is 1. The second kappa shape index (κ2) is 4.37. The topological polar surface area (TPSA) is 50.1 Å². The molecule has 1 aromatic carbocycles. The Morgan fingerprint density at radius 1 is 1.50 bits per heavy atom. The number of nitrogens with zero attached hydrogens (tertiary/aromatic N) is 2. The van der Waals surface area contributed by atoms with Crippen LogP contribution in [0.5, 0.6) is 5.75 Å². The van der Waals surface area contributed by atoms with Crippen molar-refractivity contribution in [3.05, 3.63) is 41.7 Å². The predicted molar refractivity (Wildman–Crippen MR) is 70.7 cm³/mol. The number of aromatic hydroxyl groups is 1. The van der Waals surface area contributed by atoms with E-state index in [4.69, 9.17) is 0 Å². The second-order valence-electron chi connectivity index (χ2n) is 4.70. The van der Waals surface area contributed by atoms with E-state index in [9.17, 15) is 5.11 Å². The van der Waals surface area contributed by atoms with Crippen LogP contribution in [0.3, 0.4) is 0 Å². The molecule has 3 rings (SSSR count). The van der Waals surface area contributed by atoms with Crippen molar-refractivity contribution in [2.24, 2.45) is 0 Å². The van der Waals surface area contributed by atoms with Gasteiger partial charge in [-0.25, -0.2) is 0 Å². The molecule has 2 aromatic rings. The van der Waals surface area contributed by atoms with Gasteiger partial charge in [0.15, 0.2) is 0 Å². The molecule has 1 atom stereocenters. The third kappa shape index (κ3) is 1.94. The first-order chi connectivity index (χ1) is 8.76. The van der Waals surface area contributed by atoms with Crippen LogP contribution in [0.25, 0.3) is 0 Å². The van der Waals surface area contributed by atoms with Crippen molar-refractivity contribution >= 4 is 5.69 Å². The standard InChI is InChI=1S/C14H17N3O/c1-2-17-9-11(8-15-17)16-14-6-3-10-7-12(18)4-5-13(10)14/h4-5,7-9,14,16,18H,2-3,6H2,1H3. The molecular weight excluding hydrogens is 226 g/mol. The number of fused-ring (bicyclic) bond motifs is 1. The minimum atomic E-state index is 0.329. The van der Waals surface area contributed by atoms with Gasteiger partial charge in [-0.05, 0) is 43.0 Å². The summed E-state index contributed by atoms with van der Waals surface area (Å²) in [4.78, 5) is 0. The van der Waals surface area contributed by atoms with Crippen molar-refractivity contribution in [2.45, 2.75) is 32.4 Å². The molecule has 1 aromatic heterocycles. The lowest BCUT2D eigenvalue weighted by molar-refractivity contribution is 0.474. The van der Waals surface area contributed by atoms with Crippen molar-refractivity contribution in [1.29, 1.82) is 0 Å². The number of anilines is 1. The van der Waals surface area contributed by atoms with Crippen LogP contribution in [0.4, 0.5) is 5.69 Å². The van der Waals surface area contributed by atoms with E-state index < -0.39 is 0 Å². The van der Waals surface area contributed by atoms with Crippen LogP contribution >= 0.6 is 0 Å². The Hall–Kier alpha value is -1.97. The lowest BCUT2D eigenvalue weighted by Crippen LogP contribution is -2.06. The number of phenolic OH excluding ortho intramolecular Hbond substituents is 1. The monoisotopic (exact) mass is 243 g/mol. The summed E-state index contributed by atoms with van der Waals surface area (Å²) in [6.07, 6.45) is 5.97. The van der Waals surface area contributed by atoms with Gasteiger partial charge in [0, 0.05) is 12.7 Å². The van der Waals surface area contributed by atoms with Crippen LogP contribution < -0.4 is 5.32 Å². The second-order valence-corrected chi connectivity index (χ2v) is 4.70. The fraction of sp³-hybridized carbons (Fsp3) is 0.357. The summed E-state index contributed by atoms with van der Waals surface area (Å²) in [5.74, 6) is 0.355. The van der Waals surface area contributed by atoms with Gasteiger partial charge in [-0.1, -0.05) is 6.07 Å². The number of phenols is 1. The highest BCUT2D eigenvalue weighted by molar-refractivity contribution is 5.47. The molecule has 0 spiro atoms. The molecule has 1 heterocycles. The van der Waals surface area contributed by atoms with Crippen molar-refractivity contribution < 1.29 is 5.11 Å².